The predicted molar refractivity (Wildman–Crippen MR) is 104 cm³/mol. The van der Waals surface area contributed by atoms with Crippen molar-refractivity contribution < 1.29 is 0 Å². The van der Waals surface area contributed by atoms with Gasteiger partial charge < -0.3 is 10.6 Å². The molecule has 1 heterocycles. The highest BCUT2D eigenvalue weighted by molar-refractivity contribution is 14.0. The first-order chi connectivity index (χ1) is 9.39. The summed E-state index contributed by atoms with van der Waals surface area (Å²) < 4.78 is 0. The molecule has 2 N–H and O–H groups in total. The zero-order valence-electron chi connectivity index (χ0n) is 14.7. The lowest BCUT2D eigenvalue weighted by Crippen LogP contribution is -2.53. The van der Waals surface area contributed by atoms with Crippen molar-refractivity contribution in [3.63, 3.8) is 0 Å². The molecule has 1 aliphatic rings. The molecule has 2 atom stereocenters. The summed E-state index contributed by atoms with van der Waals surface area (Å²) in [6, 6.07) is 0. The molecule has 21 heavy (non-hydrogen) atoms. The Hall–Kier alpha value is -0.0400. The molecule has 1 fully saturated rings. The summed E-state index contributed by atoms with van der Waals surface area (Å²) in [5.41, 5.74) is 0.124. The van der Waals surface area contributed by atoms with E-state index in [0.717, 1.165) is 37.4 Å². The van der Waals surface area contributed by atoms with Crippen LogP contribution >= 0.6 is 24.0 Å². The van der Waals surface area contributed by atoms with Gasteiger partial charge in [0, 0.05) is 31.7 Å². The van der Waals surface area contributed by atoms with Gasteiger partial charge in [-0.15, -0.1) is 24.0 Å². The highest BCUT2D eigenvalue weighted by Gasteiger charge is 2.32. The van der Waals surface area contributed by atoms with Gasteiger partial charge in [-0.25, -0.2) is 0 Å². The predicted octanol–water partition coefficient (Wildman–Crippen LogP) is 2.94. The SMILES string of the molecule is CCNC(=NCC(C)(C)N1CC(C)CC(C)C1)NCC.I. The van der Waals surface area contributed by atoms with Crippen molar-refractivity contribution in [2.24, 2.45) is 16.8 Å². The Kier molecular flexibility index (Phi) is 9.85. The maximum Gasteiger partial charge on any atom is 0.191 e. The van der Waals surface area contributed by atoms with Gasteiger partial charge in [-0.1, -0.05) is 13.8 Å². The number of nitrogens with one attached hydrogen (secondary N) is 2. The summed E-state index contributed by atoms with van der Waals surface area (Å²) in [7, 11) is 0. The van der Waals surface area contributed by atoms with E-state index in [4.69, 9.17) is 4.99 Å². The molecule has 0 aliphatic carbocycles. The van der Waals surface area contributed by atoms with Gasteiger partial charge >= 0.3 is 0 Å². The minimum absolute atomic E-state index is 0. The van der Waals surface area contributed by atoms with Crippen LogP contribution in [0.5, 0.6) is 0 Å². The Morgan fingerprint density at radius 2 is 1.57 bits per heavy atom. The molecule has 1 rings (SSSR count). The fourth-order valence-corrected chi connectivity index (χ4v) is 3.04. The molecule has 0 aromatic heterocycles. The van der Waals surface area contributed by atoms with E-state index in [9.17, 15) is 0 Å². The molecule has 0 bridgehead atoms. The van der Waals surface area contributed by atoms with E-state index in [1.165, 1.54) is 19.5 Å². The minimum atomic E-state index is 0. The van der Waals surface area contributed by atoms with Crippen molar-refractivity contribution in [2.45, 2.75) is 53.5 Å². The quantitative estimate of drug-likeness (QED) is 0.416. The summed E-state index contributed by atoms with van der Waals surface area (Å²) >= 11 is 0. The average Bonchev–Trinajstić information content (AvgIpc) is 2.35. The number of hydrogen-bond donors (Lipinski definition) is 2. The van der Waals surface area contributed by atoms with Gasteiger partial charge in [0.15, 0.2) is 5.96 Å². The Bertz CT molecular complexity index is 299. The first-order valence-electron chi connectivity index (χ1n) is 8.16. The number of likely N-dealkylation sites (tertiary alicyclic amines) is 1. The second-order valence-electron chi connectivity index (χ2n) is 6.89. The molecule has 0 amide bonds. The maximum absolute atomic E-state index is 4.75. The van der Waals surface area contributed by atoms with E-state index < -0.39 is 0 Å². The lowest BCUT2D eigenvalue weighted by molar-refractivity contribution is 0.0512. The number of aliphatic imine (C=N–C) groups is 1. The van der Waals surface area contributed by atoms with Crippen molar-refractivity contribution in [1.29, 1.82) is 0 Å². The largest absolute Gasteiger partial charge is 0.357 e. The van der Waals surface area contributed by atoms with Gasteiger partial charge in [0.1, 0.15) is 0 Å². The molecule has 1 saturated heterocycles. The fraction of sp³-hybridized carbons (Fsp3) is 0.938. The van der Waals surface area contributed by atoms with E-state index in [-0.39, 0.29) is 29.5 Å². The normalized spacial score (nSPS) is 23.1. The number of rotatable bonds is 5. The van der Waals surface area contributed by atoms with Gasteiger partial charge in [0.25, 0.3) is 0 Å². The van der Waals surface area contributed by atoms with Crippen LogP contribution < -0.4 is 10.6 Å². The molecule has 1 aliphatic heterocycles. The zero-order valence-corrected chi connectivity index (χ0v) is 17.0. The Balaban J connectivity index is 0.00000400. The van der Waals surface area contributed by atoms with Gasteiger partial charge in [0.2, 0.25) is 0 Å². The smallest absolute Gasteiger partial charge is 0.191 e. The average molecular weight is 410 g/mol. The monoisotopic (exact) mass is 410 g/mol. The van der Waals surface area contributed by atoms with Crippen LogP contribution in [-0.2, 0) is 0 Å². The summed E-state index contributed by atoms with van der Waals surface area (Å²) in [4.78, 5) is 7.37. The van der Waals surface area contributed by atoms with Crippen molar-refractivity contribution in [1.82, 2.24) is 15.5 Å². The molecule has 5 heteroatoms. The van der Waals surface area contributed by atoms with Crippen molar-refractivity contribution >= 4 is 29.9 Å². The Labute approximate surface area is 148 Å². The van der Waals surface area contributed by atoms with Crippen LogP contribution in [0.1, 0.15) is 48.0 Å². The van der Waals surface area contributed by atoms with Crippen molar-refractivity contribution in [3.05, 3.63) is 0 Å². The van der Waals surface area contributed by atoms with E-state index in [1.807, 2.05) is 0 Å². The second-order valence-corrected chi connectivity index (χ2v) is 6.89. The van der Waals surface area contributed by atoms with E-state index in [1.54, 1.807) is 0 Å². The second kappa shape index (κ2) is 9.87. The van der Waals surface area contributed by atoms with Gasteiger partial charge in [-0.3, -0.25) is 9.89 Å². The van der Waals surface area contributed by atoms with Crippen LogP contribution in [0, 0.1) is 11.8 Å². The summed E-state index contributed by atoms with van der Waals surface area (Å²) in [5, 5.41) is 6.59. The summed E-state index contributed by atoms with van der Waals surface area (Å²) in [6.07, 6.45) is 1.36. The Morgan fingerprint density at radius 3 is 2.00 bits per heavy atom. The van der Waals surface area contributed by atoms with Gasteiger partial charge in [0.05, 0.1) is 6.54 Å². The van der Waals surface area contributed by atoms with Crippen LogP contribution in [0.3, 0.4) is 0 Å². The number of halogens is 1. The van der Waals surface area contributed by atoms with Crippen LogP contribution in [-0.4, -0.2) is 49.1 Å². The molecular weight excluding hydrogens is 375 g/mol. The third kappa shape index (κ3) is 7.17. The highest BCUT2D eigenvalue weighted by Crippen LogP contribution is 2.27. The summed E-state index contributed by atoms with van der Waals surface area (Å²) in [6.45, 7) is 18.6. The maximum atomic E-state index is 4.75. The molecule has 0 aromatic rings. The lowest BCUT2D eigenvalue weighted by atomic mass is 9.88. The van der Waals surface area contributed by atoms with Crippen LogP contribution in [0.25, 0.3) is 0 Å². The van der Waals surface area contributed by atoms with Crippen LogP contribution in [0.4, 0.5) is 0 Å². The third-order valence-electron chi connectivity index (χ3n) is 4.04. The van der Waals surface area contributed by atoms with Crippen LogP contribution in [0.2, 0.25) is 0 Å². The molecule has 4 nitrogen and oxygen atoms in total. The number of nitrogens with zero attached hydrogens (tertiary/aromatic N) is 2. The first kappa shape index (κ1) is 21.0. The van der Waals surface area contributed by atoms with Gasteiger partial charge in [-0.2, -0.15) is 0 Å². The minimum Gasteiger partial charge on any atom is -0.357 e. The van der Waals surface area contributed by atoms with E-state index in [0.29, 0.717) is 0 Å². The highest BCUT2D eigenvalue weighted by atomic mass is 127. The fourth-order valence-electron chi connectivity index (χ4n) is 3.04. The molecular formula is C16H35IN4. The molecule has 0 spiro atoms. The molecule has 2 unspecified atom stereocenters. The molecule has 0 radical (unpaired) electrons. The number of piperidine rings is 1. The van der Waals surface area contributed by atoms with Gasteiger partial charge in [-0.05, 0) is 46.0 Å². The Morgan fingerprint density at radius 1 is 1.10 bits per heavy atom. The molecule has 126 valence electrons. The van der Waals surface area contributed by atoms with Crippen LogP contribution in [0.15, 0.2) is 4.99 Å². The van der Waals surface area contributed by atoms with E-state index in [2.05, 4.69) is 57.1 Å². The zero-order chi connectivity index (χ0) is 15.2. The number of hydrogen-bond acceptors (Lipinski definition) is 2. The third-order valence-corrected chi connectivity index (χ3v) is 4.04. The standard InChI is InChI=1S/C16H34N4.HI/c1-7-17-15(18-8-2)19-12-16(5,6)20-10-13(3)9-14(4)11-20;/h13-14H,7-12H2,1-6H3,(H2,17,18,19);1H. The van der Waals surface area contributed by atoms with E-state index >= 15 is 0 Å². The molecule has 0 aromatic carbocycles. The van der Waals surface area contributed by atoms with Crippen molar-refractivity contribution in [3.8, 4) is 0 Å². The topological polar surface area (TPSA) is 39.7 Å². The molecule has 0 saturated carbocycles. The van der Waals surface area contributed by atoms with Crippen molar-refractivity contribution in [2.75, 3.05) is 32.7 Å². The number of guanidine groups is 1. The summed E-state index contributed by atoms with van der Waals surface area (Å²) in [5.74, 6) is 2.52. The lowest BCUT2D eigenvalue weighted by Gasteiger charge is -2.44. The first-order valence-corrected chi connectivity index (χ1v) is 8.16.